The lowest BCUT2D eigenvalue weighted by Gasteiger charge is -2.30. The van der Waals surface area contributed by atoms with Crippen LogP contribution in [0.5, 0.6) is 5.75 Å². The highest BCUT2D eigenvalue weighted by atomic mass is 35.5. The van der Waals surface area contributed by atoms with Gasteiger partial charge in [0.15, 0.2) is 0 Å². The minimum atomic E-state index is -3.62. The summed E-state index contributed by atoms with van der Waals surface area (Å²) in [6.07, 6.45) is 5.59. The quantitative estimate of drug-likeness (QED) is 0.404. The van der Waals surface area contributed by atoms with Gasteiger partial charge in [-0.1, -0.05) is 54.3 Å². The first kappa shape index (κ1) is 29.8. The first-order valence-corrected chi connectivity index (χ1v) is 15.2. The van der Waals surface area contributed by atoms with E-state index in [4.69, 9.17) is 16.3 Å². The first-order chi connectivity index (χ1) is 18.0. The van der Waals surface area contributed by atoms with Gasteiger partial charge in [0.25, 0.3) is 0 Å². The van der Waals surface area contributed by atoms with Crippen LogP contribution >= 0.6 is 11.6 Å². The molecular weight excluding hydrogens is 526 g/mol. The number of benzene rings is 2. The summed E-state index contributed by atoms with van der Waals surface area (Å²) in [6.45, 7) is 4.12. The van der Waals surface area contributed by atoms with Crippen molar-refractivity contribution in [3.8, 4) is 5.75 Å². The van der Waals surface area contributed by atoms with Gasteiger partial charge in [-0.15, -0.1) is 0 Å². The molecule has 1 atom stereocenters. The van der Waals surface area contributed by atoms with E-state index in [1.807, 2.05) is 31.2 Å². The molecule has 1 saturated carbocycles. The predicted octanol–water partition coefficient (Wildman–Crippen LogP) is 4.68. The highest BCUT2D eigenvalue weighted by Gasteiger charge is 2.29. The third-order valence-electron chi connectivity index (χ3n) is 6.88. The number of rotatable bonds is 12. The van der Waals surface area contributed by atoms with Crippen LogP contribution in [0.3, 0.4) is 0 Å². The Kier molecular flexibility index (Phi) is 10.4. The van der Waals surface area contributed by atoms with Gasteiger partial charge in [-0.3, -0.25) is 13.9 Å². The number of hydrogen-bond acceptors (Lipinski definition) is 5. The number of amides is 2. The number of carbonyl (C=O) groups excluding carboxylic acids is 2. The van der Waals surface area contributed by atoms with Crippen molar-refractivity contribution in [2.75, 3.05) is 24.2 Å². The smallest absolute Gasteiger partial charge is 0.242 e. The second-order valence-electron chi connectivity index (χ2n) is 9.93. The fraction of sp³-hybridized carbons (Fsp3) is 0.500. The Bertz CT molecular complexity index is 1230. The van der Waals surface area contributed by atoms with Gasteiger partial charge in [-0.05, 0) is 56.9 Å². The summed E-state index contributed by atoms with van der Waals surface area (Å²) in [5.74, 6) is 0.0704. The lowest BCUT2D eigenvalue weighted by molar-refractivity contribution is -0.141. The molecule has 2 aromatic carbocycles. The zero-order valence-corrected chi connectivity index (χ0v) is 24.1. The number of halogens is 1. The molecule has 0 bridgehead atoms. The molecule has 38 heavy (non-hydrogen) atoms. The zero-order valence-electron chi connectivity index (χ0n) is 22.6. The van der Waals surface area contributed by atoms with Crippen LogP contribution in [0.25, 0.3) is 0 Å². The molecule has 0 aliphatic heterocycles. The normalized spacial score (nSPS) is 14.7. The Morgan fingerprint density at radius 2 is 1.87 bits per heavy atom. The summed E-state index contributed by atoms with van der Waals surface area (Å²) in [6, 6.07) is 12.1. The van der Waals surface area contributed by atoms with E-state index < -0.39 is 16.1 Å². The van der Waals surface area contributed by atoms with Crippen LogP contribution < -0.4 is 14.4 Å². The summed E-state index contributed by atoms with van der Waals surface area (Å²) in [4.78, 5) is 28.1. The number of sulfonamides is 1. The van der Waals surface area contributed by atoms with Crippen LogP contribution in [-0.2, 0) is 26.2 Å². The van der Waals surface area contributed by atoms with Crippen LogP contribution in [0, 0.1) is 6.92 Å². The van der Waals surface area contributed by atoms with Gasteiger partial charge in [0, 0.05) is 25.6 Å². The van der Waals surface area contributed by atoms with Crippen molar-refractivity contribution in [2.45, 2.75) is 71.0 Å². The minimum absolute atomic E-state index is 0.0861. The Hall–Kier alpha value is -2.78. The number of nitrogens with one attached hydrogen (secondary N) is 1. The number of methoxy groups -OCH3 is 1. The van der Waals surface area contributed by atoms with Crippen molar-refractivity contribution in [2.24, 2.45) is 0 Å². The van der Waals surface area contributed by atoms with E-state index >= 15 is 0 Å². The molecule has 0 heterocycles. The SMILES string of the molecule is COc1ccc(N(CCCC(=O)N(Cc2cccc(C)c2)[C@H](C)C(=O)NC2CCCC2)S(C)(=O)=O)cc1Cl. The van der Waals surface area contributed by atoms with Crippen molar-refractivity contribution in [1.82, 2.24) is 10.2 Å². The molecule has 1 aliphatic carbocycles. The molecule has 2 aromatic rings. The van der Waals surface area contributed by atoms with Gasteiger partial charge in [0.2, 0.25) is 21.8 Å². The van der Waals surface area contributed by atoms with Gasteiger partial charge in [-0.2, -0.15) is 0 Å². The summed E-state index contributed by atoms with van der Waals surface area (Å²) in [5.41, 5.74) is 2.40. The molecule has 0 aromatic heterocycles. The largest absolute Gasteiger partial charge is 0.495 e. The van der Waals surface area contributed by atoms with Gasteiger partial charge < -0.3 is 15.0 Å². The second-order valence-corrected chi connectivity index (χ2v) is 12.2. The number of hydrogen-bond donors (Lipinski definition) is 1. The fourth-order valence-corrected chi connectivity index (χ4v) is 6.01. The predicted molar refractivity (Wildman–Crippen MR) is 151 cm³/mol. The van der Waals surface area contributed by atoms with E-state index in [1.165, 1.54) is 17.5 Å². The van der Waals surface area contributed by atoms with Crippen molar-refractivity contribution < 1.29 is 22.7 Å². The van der Waals surface area contributed by atoms with E-state index in [0.29, 0.717) is 23.0 Å². The van der Waals surface area contributed by atoms with E-state index in [2.05, 4.69) is 5.32 Å². The van der Waals surface area contributed by atoms with Gasteiger partial charge in [0.05, 0.1) is 24.1 Å². The summed E-state index contributed by atoms with van der Waals surface area (Å²) >= 11 is 6.22. The second kappa shape index (κ2) is 13.3. The van der Waals surface area contributed by atoms with E-state index in [0.717, 1.165) is 43.1 Å². The monoisotopic (exact) mass is 563 g/mol. The van der Waals surface area contributed by atoms with Crippen LogP contribution in [0.15, 0.2) is 42.5 Å². The Balaban J connectivity index is 1.73. The molecular formula is C28H38ClN3O5S. The molecule has 0 spiro atoms. The van der Waals surface area contributed by atoms with Crippen LogP contribution in [0.1, 0.15) is 56.6 Å². The van der Waals surface area contributed by atoms with Gasteiger partial charge in [-0.25, -0.2) is 8.42 Å². The Labute approximate surface area is 231 Å². The molecule has 2 amide bonds. The van der Waals surface area contributed by atoms with Crippen molar-refractivity contribution in [3.63, 3.8) is 0 Å². The Morgan fingerprint density at radius 1 is 1.16 bits per heavy atom. The van der Waals surface area contributed by atoms with E-state index in [9.17, 15) is 18.0 Å². The van der Waals surface area contributed by atoms with Crippen molar-refractivity contribution in [3.05, 3.63) is 58.6 Å². The van der Waals surface area contributed by atoms with Crippen molar-refractivity contribution in [1.29, 1.82) is 0 Å². The molecule has 8 nitrogen and oxygen atoms in total. The molecule has 208 valence electrons. The third-order valence-corrected chi connectivity index (χ3v) is 8.37. The summed E-state index contributed by atoms with van der Waals surface area (Å²) < 4.78 is 31.5. The molecule has 0 radical (unpaired) electrons. The fourth-order valence-electron chi connectivity index (χ4n) is 4.80. The highest BCUT2D eigenvalue weighted by Crippen LogP contribution is 2.30. The molecule has 0 unspecified atom stereocenters. The third kappa shape index (κ3) is 8.11. The zero-order chi connectivity index (χ0) is 27.9. The number of carbonyl (C=O) groups is 2. The minimum Gasteiger partial charge on any atom is -0.495 e. The van der Waals surface area contributed by atoms with Crippen LogP contribution in [0.2, 0.25) is 5.02 Å². The Morgan fingerprint density at radius 3 is 2.47 bits per heavy atom. The van der Waals surface area contributed by atoms with Gasteiger partial charge in [0.1, 0.15) is 11.8 Å². The van der Waals surface area contributed by atoms with E-state index in [1.54, 1.807) is 24.0 Å². The van der Waals surface area contributed by atoms with Crippen molar-refractivity contribution >= 4 is 39.1 Å². The number of aryl methyl sites for hydroxylation is 1. The average Bonchev–Trinajstić information content (AvgIpc) is 3.37. The highest BCUT2D eigenvalue weighted by molar-refractivity contribution is 7.92. The molecule has 0 saturated heterocycles. The molecule has 1 N–H and O–H groups in total. The lowest BCUT2D eigenvalue weighted by Crippen LogP contribution is -2.49. The number of nitrogens with zero attached hydrogens (tertiary/aromatic N) is 2. The van der Waals surface area contributed by atoms with Crippen LogP contribution in [0.4, 0.5) is 5.69 Å². The van der Waals surface area contributed by atoms with Crippen LogP contribution in [-0.4, -0.2) is 57.1 Å². The number of anilines is 1. The average molecular weight is 564 g/mol. The maximum absolute atomic E-state index is 13.5. The van der Waals surface area contributed by atoms with E-state index in [-0.39, 0.29) is 37.2 Å². The molecule has 3 rings (SSSR count). The summed E-state index contributed by atoms with van der Waals surface area (Å²) in [5, 5.41) is 3.39. The maximum atomic E-state index is 13.5. The van der Waals surface area contributed by atoms with Gasteiger partial charge >= 0.3 is 0 Å². The molecule has 1 fully saturated rings. The first-order valence-electron chi connectivity index (χ1n) is 13.0. The maximum Gasteiger partial charge on any atom is 0.242 e. The topological polar surface area (TPSA) is 96.0 Å². The standard InChI is InChI=1S/C28H38ClN3O5S/c1-20-9-7-10-22(17-20)19-31(21(2)28(34)30-23-11-5-6-12-23)27(33)13-8-16-32(38(4,35)36)24-14-15-26(37-3)25(29)18-24/h7,9-10,14-15,17-18,21,23H,5-6,8,11-13,16,19H2,1-4H3,(H,30,34)/t21-/m1/s1. The lowest BCUT2D eigenvalue weighted by atomic mass is 10.1. The molecule has 10 heteroatoms. The molecule has 1 aliphatic rings. The number of ether oxygens (including phenoxy) is 1. The summed E-state index contributed by atoms with van der Waals surface area (Å²) in [7, 11) is -2.14.